The summed E-state index contributed by atoms with van der Waals surface area (Å²) in [5.74, 6) is -0.144. The molecule has 0 bridgehead atoms. The molecule has 0 amide bonds. The third kappa shape index (κ3) is 3.56. The van der Waals surface area contributed by atoms with Crippen molar-refractivity contribution in [3.05, 3.63) is 34.1 Å². The van der Waals surface area contributed by atoms with E-state index in [0.717, 1.165) is 22.9 Å². The van der Waals surface area contributed by atoms with E-state index < -0.39 is 0 Å². The van der Waals surface area contributed by atoms with Crippen LogP contribution in [0.25, 0.3) is 0 Å². The molecule has 0 spiro atoms. The Morgan fingerprint density at radius 3 is 2.50 bits per heavy atom. The number of nitrogens with one attached hydrogen (secondary N) is 1. The highest BCUT2D eigenvalue weighted by Gasteiger charge is 2.14. The Bertz CT molecular complexity index is 337. The van der Waals surface area contributed by atoms with E-state index in [1.165, 1.54) is 6.07 Å². The highest BCUT2D eigenvalue weighted by atomic mass is 79.9. The Morgan fingerprint density at radius 2 is 1.94 bits per heavy atom. The molecule has 1 rings (SSSR count). The molecule has 3 heteroatoms. The molecule has 16 heavy (non-hydrogen) atoms. The number of hydrogen-bond acceptors (Lipinski definition) is 1. The standard InChI is InChI=1S/C13H19BrFN/c1-4-11(5-2)16-9(3)12-8-10(14)6-7-13(12)15/h6-9,11,16H,4-5H2,1-3H3. The van der Waals surface area contributed by atoms with Gasteiger partial charge in [0.05, 0.1) is 0 Å². The minimum absolute atomic E-state index is 0.0439. The minimum Gasteiger partial charge on any atom is -0.307 e. The predicted octanol–water partition coefficient (Wildman–Crippen LogP) is 4.43. The van der Waals surface area contributed by atoms with Gasteiger partial charge in [-0.2, -0.15) is 0 Å². The van der Waals surface area contributed by atoms with Crippen molar-refractivity contribution in [2.24, 2.45) is 0 Å². The molecule has 1 N–H and O–H groups in total. The quantitative estimate of drug-likeness (QED) is 0.845. The van der Waals surface area contributed by atoms with Crippen molar-refractivity contribution in [3.63, 3.8) is 0 Å². The third-order valence-electron chi connectivity index (χ3n) is 2.90. The van der Waals surface area contributed by atoms with Crippen molar-refractivity contribution in [1.29, 1.82) is 0 Å². The molecule has 1 nitrogen and oxygen atoms in total. The second-order valence-electron chi connectivity index (χ2n) is 4.07. The number of halogens is 2. The zero-order valence-electron chi connectivity index (χ0n) is 10.1. The maximum Gasteiger partial charge on any atom is 0.128 e. The summed E-state index contributed by atoms with van der Waals surface area (Å²) < 4.78 is 14.5. The Kier molecular flexibility index (Phi) is 5.42. The molecule has 0 aliphatic heterocycles. The Morgan fingerprint density at radius 1 is 1.31 bits per heavy atom. The van der Waals surface area contributed by atoms with Crippen LogP contribution in [0, 0.1) is 5.82 Å². The van der Waals surface area contributed by atoms with Crippen LogP contribution < -0.4 is 5.32 Å². The van der Waals surface area contributed by atoms with E-state index in [4.69, 9.17) is 0 Å². The largest absolute Gasteiger partial charge is 0.307 e. The Hall–Kier alpha value is -0.410. The summed E-state index contributed by atoms with van der Waals surface area (Å²) in [6, 6.07) is 5.57. The van der Waals surface area contributed by atoms with Crippen LogP contribution >= 0.6 is 15.9 Å². The summed E-state index contributed by atoms with van der Waals surface area (Å²) in [7, 11) is 0. The van der Waals surface area contributed by atoms with E-state index in [-0.39, 0.29) is 11.9 Å². The molecule has 1 aromatic carbocycles. The van der Waals surface area contributed by atoms with E-state index in [1.54, 1.807) is 6.07 Å². The van der Waals surface area contributed by atoms with Crippen LogP contribution in [0.4, 0.5) is 4.39 Å². The molecular weight excluding hydrogens is 269 g/mol. The van der Waals surface area contributed by atoms with Gasteiger partial charge in [-0.25, -0.2) is 4.39 Å². The van der Waals surface area contributed by atoms with Gasteiger partial charge < -0.3 is 5.32 Å². The van der Waals surface area contributed by atoms with Crippen LogP contribution in [0.15, 0.2) is 22.7 Å². The van der Waals surface area contributed by atoms with Gasteiger partial charge in [-0.15, -0.1) is 0 Å². The third-order valence-corrected chi connectivity index (χ3v) is 3.39. The maximum atomic E-state index is 13.6. The first-order valence-corrected chi connectivity index (χ1v) is 6.58. The molecule has 0 saturated carbocycles. The molecule has 1 unspecified atom stereocenters. The summed E-state index contributed by atoms with van der Waals surface area (Å²) >= 11 is 3.37. The molecular formula is C13H19BrFN. The lowest BCUT2D eigenvalue weighted by atomic mass is 10.1. The second-order valence-corrected chi connectivity index (χ2v) is 4.98. The van der Waals surface area contributed by atoms with Crippen molar-refractivity contribution in [1.82, 2.24) is 5.32 Å². The van der Waals surface area contributed by atoms with Crippen LogP contribution in [-0.2, 0) is 0 Å². The highest BCUT2D eigenvalue weighted by molar-refractivity contribution is 9.10. The van der Waals surface area contributed by atoms with Crippen molar-refractivity contribution >= 4 is 15.9 Å². The highest BCUT2D eigenvalue weighted by Crippen LogP contribution is 2.22. The minimum atomic E-state index is -0.144. The SMILES string of the molecule is CCC(CC)NC(C)c1cc(Br)ccc1F. The molecule has 0 aliphatic carbocycles. The first-order valence-electron chi connectivity index (χ1n) is 5.79. The predicted molar refractivity (Wildman–Crippen MR) is 70.0 cm³/mol. The van der Waals surface area contributed by atoms with Gasteiger partial charge in [0.15, 0.2) is 0 Å². The average molecular weight is 288 g/mol. The van der Waals surface area contributed by atoms with Crippen LogP contribution in [0.1, 0.15) is 45.2 Å². The number of hydrogen-bond donors (Lipinski definition) is 1. The topological polar surface area (TPSA) is 12.0 Å². The smallest absolute Gasteiger partial charge is 0.128 e. The fourth-order valence-electron chi connectivity index (χ4n) is 1.81. The molecule has 0 saturated heterocycles. The van der Waals surface area contributed by atoms with Gasteiger partial charge in [0.2, 0.25) is 0 Å². The van der Waals surface area contributed by atoms with E-state index in [2.05, 4.69) is 35.1 Å². The molecule has 0 aromatic heterocycles. The van der Waals surface area contributed by atoms with Crippen LogP contribution in [0.3, 0.4) is 0 Å². The van der Waals surface area contributed by atoms with Gasteiger partial charge in [0, 0.05) is 22.1 Å². The first-order chi connectivity index (χ1) is 7.58. The molecule has 0 radical (unpaired) electrons. The maximum absolute atomic E-state index is 13.6. The fraction of sp³-hybridized carbons (Fsp3) is 0.538. The molecule has 0 heterocycles. The second kappa shape index (κ2) is 6.36. The summed E-state index contributed by atoms with van der Waals surface area (Å²) in [5.41, 5.74) is 0.723. The van der Waals surface area contributed by atoms with Gasteiger partial charge in [0.1, 0.15) is 5.82 Å². The van der Waals surface area contributed by atoms with Gasteiger partial charge in [-0.05, 0) is 38.0 Å². The van der Waals surface area contributed by atoms with Crippen LogP contribution in [-0.4, -0.2) is 6.04 Å². The lowest BCUT2D eigenvalue weighted by molar-refractivity contribution is 0.422. The average Bonchev–Trinajstić information content (AvgIpc) is 2.28. The summed E-state index contributed by atoms with van der Waals surface area (Å²) in [6.07, 6.45) is 2.13. The van der Waals surface area contributed by atoms with E-state index in [9.17, 15) is 4.39 Å². The van der Waals surface area contributed by atoms with Crippen molar-refractivity contribution in [3.8, 4) is 0 Å². The summed E-state index contributed by atoms with van der Waals surface area (Å²) in [4.78, 5) is 0. The van der Waals surface area contributed by atoms with E-state index >= 15 is 0 Å². The van der Waals surface area contributed by atoms with Crippen molar-refractivity contribution in [2.75, 3.05) is 0 Å². The van der Waals surface area contributed by atoms with Gasteiger partial charge in [-0.3, -0.25) is 0 Å². The van der Waals surface area contributed by atoms with Crippen LogP contribution in [0.2, 0.25) is 0 Å². The van der Waals surface area contributed by atoms with Crippen LogP contribution in [0.5, 0.6) is 0 Å². The van der Waals surface area contributed by atoms with Crippen molar-refractivity contribution < 1.29 is 4.39 Å². The van der Waals surface area contributed by atoms with Crippen molar-refractivity contribution in [2.45, 2.75) is 45.7 Å². The lowest BCUT2D eigenvalue weighted by Crippen LogP contribution is -2.30. The zero-order valence-corrected chi connectivity index (χ0v) is 11.6. The molecule has 90 valence electrons. The molecule has 1 atom stereocenters. The van der Waals surface area contributed by atoms with E-state index in [0.29, 0.717) is 6.04 Å². The summed E-state index contributed by atoms with van der Waals surface area (Å²) in [6.45, 7) is 6.29. The molecule has 0 fully saturated rings. The van der Waals surface area contributed by atoms with Gasteiger partial charge in [-0.1, -0.05) is 29.8 Å². The Labute approximate surface area is 106 Å². The Balaban J connectivity index is 2.79. The summed E-state index contributed by atoms with van der Waals surface area (Å²) in [5, 5.41) is 3.44. The number of rotatable bonds is 5. The monoisotopic (exact) mass is 287 g/mol. The first kappa shape index (κ1) is 13.7. The molecule has 0 aliphatic rings. The lowest BCUT2D eigenvalue weighted by Gasteiger charge is -2.22. The molecule has 1 aromatic rings. The van der Waals surface area contributed by atoms with E-state index in [1.807, 2.05) is 13.0 Å². The zero-order chi connectivity index (χ0) is 12.1. The van der Waals surface area contributed by atoms with Gasteiger partial charge in [0.25, 0.3) is 0 Å². The fourth-order valence-corrected chi connectivity index (χ4v) is 2.19. The number of benzene rings is 1. The normalized spacial score (nSPS) is 13.1. The van der Waals surface area contributed by atoms with Gasteiger partial charge >= 0.3 is 0 Å².